The van der Waals surface area contributed by atoms with Crippen molar-refractivity contribution in [1.29, 1.82) is 0 Å². The maximum Gasteiger partial charge on any atom is 0.231 e. The molecule has 2 aliphatic rings. The van der Waals surface area contributed by atoms with Gasteiger partial charge in [-0.15, -0.1) is 0 Å². The summed E-state index contributed by atoms with van der Waals surface area (Å²) in [7, 11) is 0. The van der Waals surface area contributed by atoms with Gasteiger partial charge in [-0.2, -0.15) is 5.10 Å². The highest BCUT2D eigenvalue weighted by molar-refractivity contribution is 8.00. The lowest BCUT2D eigenvalue weighted by Crippen LogP contribution is -2.44. The first-order chi connectivity index (χ1) is 17.2. The predicted molar refractivity (Wildman–Crippen MR) is 133 cm³/mol. The summed E-state index contributed by atoms with van der Waals surface area (Å²) in [5.74, 6) is 1.75. The van der Waals surface area contributed by atoms with E-state index >= 15 is 0 Å². The molecule has 2 aromatic carbocycles. The number of rotatable bonds is 6. The van der Waals surface area contributed by atoms with Crippen LogP contribution in [0.5, 0.6) is 11.5 Å². The summed E-state index contributed by atoms with van der Waals surface area (Å²) in [6, 6.07) is 15.9. The monoisotopic (exact) mass is 487 g/mol. The highest BCUT2D eigenvalue weighted by Crippen LogP contribution is 2.42. The number of para-hydroxylation sites is 1. The zero-order chi connectivity index (χ0) is 23.7. The van der Waals surface area contributed by atoms with Crippen LogP contribution in [0.1, 0.15) is 31.2 Å². The molecule has 1 aliphatic heterocycles. The molecule has 6 rings (SSSR count). The molecule has 0 saturated heterocycles. The van der Waals surface area contributed by atoms with E-state index in [9.17, 15) is 4.79 Å². The number of nitrogens with zero attached hydrogens (tertiary/aromatic N) is 4. The van der Waals surface area contributed by atoms with Crippen molar-refractivity contribution < 1.29 is 14.3 Å². The number of aromatic nitrogens is 4. The Hall–Kier alpha value is -3.59. The largest absolute Gasteiger partial charge is 0.486 e. The number of hydrogen-bond acceptors (Lipinski definition) is 7. The van der Waals surface area contributed by atoms with Gasteiger partial charge in [0.2, 0.25) is 5.91 Å². The fraction of sp³-hybridized carbons (Fsp3) is 0.308. The van der Waals surface area contributed by atoms with Crippen LogP contribution in [-0.2, 0) is 10.3 Å². The van der Waals surface area contributed by atoms with Crippen LogP contribution in [0.4, 0.5) is 0 Å². The molecule has 0 unspecified atom stereocenters. The number of amides is 1. The van der Waals surface area contributed by atoms with E-state index in [0.717, 1.165) is 64.5 Å². The van der Waals surface area contributed by atoms with E-state index in [4.69, 9.17) is 9.47 Å². The summed E-state index contributed by atoms with van der Waals surface area (Å²) in [6.45, 7) is 1.10. The lowest BCUT2D eigenvalue weighted by atomic mass is 9.87. The fourth-order valence-electron chi connectivity index (χ4n) is 4.94. The van der Waals surface area contributed by atoms with Gasteiger partial charge in [-0.1, -0.05) is 48.9 Å². The standard InChI is InChI=1S/C26H25N5O3S/c32-23(30-26(10-4-5-11-26)18-8-9-21-22(14-18)34-13-12-33-21)16-35-25-20-15-29-31(24(20)27-17-28-25)19-6-2-1-3-7-19/h1-3,6-9,14-15,17H,4-5,10-13,16H2,(H,30,32). The Kier molecular flexibility index (Phi) is 5.77. The topological polar surface area (TPSA) is 91.2 Å². The minimum Gasteiger partial charge on any atom is -0.486 e. The molecule has 3 heterocycles. The second-order valence-corrected chi connectivity index (χ2v) is 9.76. The third kappa shape index (κ3) is 4.20. The molecule has 1 aliphatic carbocycles. The van der Waals surface area contributed by atoms with Crippen molar-refractivity contribution in [2.45, 2.75) is 36.2 Å². The zero-order valence-corrected chi connectivity index (χ0v) is 20.0. The molecule has 0 atom stereocenters. The van der Waals surface area contributed by atoms with E-state index in [1.807, 2.05) is 42.5 Å². The summed E-state index contributed by atoms with van der Waals surface area (Å²) in [4.78, 5) is 22.0. The number of carbonyl (C=O) groups excluding carboxylic acids is 1. The number of thioether (sulfide) groups is 1. The van der Waals surface area contributed by atoms with Gasteiger partial charge in [-0.25, -0.2) is 14.6 Å². The summed E-state index contributed by atoms with van der Waals surface area (Å²) >= 11 is 1.41. The maximum atomic E-state index is 13.2. The van der Waals surface area contributed by atoms with Crippen molar-refractivity contribution in [3.8, 4) is 17.2 Å². The number of benzene rings is 2. The van der Waals surface area contributed by atoms with Crippen LogP contribution in [0.3, 0.4) is 0 Å². The molecule has 1 N–H and O–H groups in total. The average Bonchev–Trinajstić information content (AvgIpc) is 3.56. The molecule has 1 amide bonds. The van der Waals surface area contributed by atoms with Gasteiger partial charge in [0.05, 0.1) is 28.6 Å². The van der Waals surface area contributed by atoms with Gasteiger partial charge >= 0.3 is 0 Å². The molecule has 0 radical (unpaired) electrons. The summed E-state index contributed by atoms with van der Waals surface area (Å²) in [6.07, 6.45) is 7.25. The Morgan fingerprint density at radius 1 is 1.03 bits per heavy atom. The first-order valence-corrected chi connectivity index (χ1v) is 12.8. The van der Waals surface area contributed by atoms with Gasteiger partial charge in [-0.05, 0) is 42.7 Å². The number of nitrogens with one attached hydrogen (secondary N) is 1. The van der Waals surface area contributed by atoms with Crippen LogP contribution in [0, 0.1) is 0 Å². The highest BCUT2D eigenvalue weighted by Gasteiger charge is 2.37. The van der Waals surface area contributed by atoms with Gasteiger partial charge < -0.3 is 14.8 Å². The minimum atomic E-state index is -0.382. The quantitative estimate of drug-likeness (QED) is 0.321. The SMILES string of the molecule is O=C(CSc1ncnc2c1cnn2-c1ccccc1)NC1(c2ccc3c(c2)OCCO3)CCCC1. The van der Waals surface area contributed by atoms with Gasteiger partial charge in [0.1, 0.15) is 24.6 Å². The molecule has 1 saturated carbocycles. The minimum absolute atomic E-state index is 0.0194. The molecule has 8 nitrogen and oxygen atoms in total. The van der Waals surface area contributed by atoms with Crippen molar-refractivity contribution in [1.82, 2.24) is 25.1 Å². The lowest BCUT2D eigenvalue weighted by Gasteiger charge is -2.32. The molecule has 4 aromatic rings. The molecule has 1 fully saturated rings. The van der Waals surface area contributed by atoms with Crippen molar-refractivity contribution in [3.05, 3.63) is 66.6 Å². The number of fused-ring (bicyclic) bond motifs is 2. The Bertz CT molecular complexity index is 1370. The second kappa shape index (κ2) is 9.22. The Morgan fingerprint density at radius 2 is 1.83 bits per heavy atom. The van der Waals surface area contributed by atoms with Crippen LogP contribution >= 0.6 is 11.8 Å². The van der Waals surface area contributed by atoms with E-state index < -0.39 is 0 Å². The Morgan fingerprint density at radius 3 is 2.66 bits per heavy atom. The third-order valence-corrected chi connectivity index (χ3v) is 7.61. The van der Waals surface area contributed by atoms with E-state index in [1.165, 1.54) is 18.1 Å². The summed E-state index contributed by atoms with van der Waals surface area (Å²) < 4.78 is 13.3. The fourth-order valence-corrected chi connectivity index (χ4v) is 5.70. The van der Waals surface area contributed by atoms with Crippen molar-refractivity contribution in [2.75, 3.05) is 19.0 Å². The van der Waals surface area contributed by atoms with Crippen molar-refractivity contribution in [3.63, 3.8) is 0 Å². The molecule has 178 valence electrons. The van der Waals surface area contributed by atoms with E-state index in [-0.39, 0.29) is 17.2 Å². The molecule has 9 heteroatoms. The first-order valence-electron chi connectivity index (χ1n) is 11.8. The number of ether oxygens (including phenoxy) is 2. The lowest BCUT2D eigenvalue weighted by molar-refractivity contribution is -0.120. The average molecular weight is 488 g/mol. The predicted octanol–water partition coefficient (Wildman–Crippen LogP) is 4.26. The van der Waals surface area contributed by atoms with E-state index in [1.54, 1.807) is 10.9 Å². The molecule has 2 aromatic heterocycles. The number of hydrogen-bond donors (Lipinski definition) is 1. The van der Waals surface area contributed by atoms with Crippen molar-refractivity contribution in [2.24, 2.45) is 0 Å². The highest BCUT2D eigenvalue weighted by atomic mass is 32.2. The molecule has 0 spiro atoms. The maximum absolute atomic E-state index is 13.2. The Labute approximate surface area is 207 Å². The van der Waals surface area contributed by atoms with Gasteiger partial charge in [0, 0.05) is 0 Å². The van der Waals surface area contributed by atoms with Gasteiger partial charge in [-0.3, -0.25) is 4.79 Å². The van der Waals surface area contributed by atoms with E-state index in [0.29, 0.717) is 13.2 Å². The number of carbonyl (C=O) groups is 1. The molecule has 35 heavy (non-hydrogen) atoms. The molecular formula is C26H25N5O3S. The molecular weight excluding hydrogens is 462 g/mol. The van der Waals surface area contributed by atoms with Crippen molar-refractivity contribution >= 4 is 28.7 Å². The molecule has 0 bridgehead atoms. The smallest absolute Gasteiger partial charge is 0.231 e. The van der Waals surface area contributed by atoms with Crippen LogP contribution < -0.4 is 14.8 Å². The summed E-state index contributed by atoms with van der Waals surface area (Å²) in [5.41, 5.74) is 2.34. The second-order valence-electron chi connectivity index (χ2n) is 8.79. The van der Waals surface area contributed by atoms with E-state index in [2.05, 4.69) is 26.4 Å². The van der Waals surface area contributed by atoms with Crippen LogP contribution in [-0.4, -0.2) is 44.6 Å². The normalized spacial score (nSPS) is 16.3. The third-order valence-electron chi connectivity index (χ3n) is 6.60. The zero-order valence-electron chi connectivity index (χ0n) is 19.1. The Balaban J connectivity index is 1.20. The van der Waals surface area contributed by atoms with Gasteiger partial charge in [0.15, 0.2) is 17.1 Å². The van der Waals surface area contributed by atoms with Gasteiger partial charge in [0.25, 0.3) is 0 Å². The van der Waals surface area contributed by atoms with Crippen LogP contribution in [0.25, 0.3) is 16.7 Å². The van der Waals surface area contributed by atoms with Crippen LogP contribution in [0.2, 0.25) is 0 Å². The van der Waals surface area contributed by atoms with Crippen LogP contribution in [0.15, 0.2) is 66.1 Å². The summed E-state index contributed by atoms with van der Waals surface area (Å²) in [5, 5.41) is 9.42. The first kappa shape index (κ1) is 21.9.